The number of nitrogens with zero attached hydrogens (tertiary/aromatic N) is 2. The normalized spacial score (nSPS) is 18.4. The molecule has 0 amide bonds. The van der Waals surface area contributed by atoms with Gasteiger partial charge in [-0.25, -0.2) is 0 Å². The van der Waals surface area contributed by atoms with Crippen molar-refractivity contribution < 1.29 is 9.47 Å². The van der Waals surface area contributed by atoms with Crippen molar-refractivity contribution >= 4 is 17.6 Å². The van der Waals surface area contributed by atoms with E-state index in [0.717, 1.165) is 43.5 Å². The molecular formula is C16H24ClN3O2. The second-order valence-electron chi connectivity index (χ2n) is 5.47. The topological polar surface area (TPSA) is 46.1 Å². The first-order valence-electron chi connectivity index (χ1n) is 7.46. The molecule has 1 aliphatic heterocycles. The summed E-state index contributed by atoms with van der Waals surface area (Å²) in [6, 6.07) is 5.65. The molecule has 5 nitrogen and oxygen atoms in total. The van der Waals surface area contributed by atoms with E-state index < -0.39 is 0 Å². The molecule has 0 spiro atoms. The summed E-state index contributed by atoms with van der Waals surface area (Å²) in [6.45, 7) is 3.29. The van der Waals surface area contributed by atoms with Crippen LogP contribution in [0, 0.1) is 5.92 Å². The number of benzene rings is 1. The van der Waals surface area contributed by atoms with E-state index in [1.54, 1.807) is 14.2 Å². The number of nitrogens with one attached hydrogen (secondary N) is 1. The van der Waals surface area contributed by atoms with Crippen molar-refractivity contribution in [2.45, 2.75) is 13.0 Å². The van der Waals surface area contributed by atoms with Crippen molar-refractivity contribution in [3.8, 4) is 5.75 Å². The molecule has 0 aromatic heterocycles. The molecule has 1 fully saturated rings. The van der Waals surface area contributed by atoms with Gasteiger partial charge >= 0.3 is 0 Å². The van der Waals surface area contributed by atoms with E-state index in [4.69, 9.17) is 21.1 Å². The monoisotopic (exact) mass is 325 g/mol. The molecule has 1 aromatic rings. The van der Waals surface area contributed by atoms with Crippen LogP contribution in [0.1, 0.15) is 12.0 Å². The lowest BCUT2D eigenvalue weighted by molar-refractivity contribution is 0.181. The lowest BCUT2D eigenvalue weighted by Gasteiger charge is -2.24. The summed E-state index contributed by atoms with van der Waals surface area (Å²) >= 11 is 5.99. The van der Waals surface area contributed by atoms with Crippen LogP contribution in [0.5, 0.6) is 5.75 Å². The van der Waals surface area contributed by atoms with E-state index in [0.29, 0.717) is 17.5 Å². The maximum absolute atomic E-state index is 5.99. The zero-order chi connectivity index (χ0) is 15.9. The number of hydrogen-bond acceptors (Lipinski definition) is 3. The Hall–Kier alpha value is -1.46. The van der Waals surface area contributed by atoms with E-state index in [9.17, 15) is 0 Å². The molecule has 122 valence electrons. The highest BCUT2D eigenvalue weighted by molar-refractivity contribution is 6.30. The standard InChI is InChI=1S/C16H24ClN3O2/c1-18-16(20(2)10-12-6-7-22-11-12)19-9-13-4-5-14(17)8-15(13)21-3/h4-5,8,12H,6-7,9-11H2,1-3H3,(H,18,19). The van der Waals surface area contributed by atoms with Crippen LogP contribution in [0.25, 0.3) is 0 Å². The van der Waals surface area contributed by atoms with Crippen LogP contribution in [0.3, 0.4) is 0 Å². The van der Waals surface area contributed by atoms with Crippen LogP contribution in [0.4, 0.5) is 0 Å². The lowest BCUT2D eigenvalue weighted by Crippen LogP contribution is -2.41. The maximum atomic E-state index is 5.99. The predicted molar refractivity (Wildman–Crippen MR) is 89.8 cm³/mol. The Kier molecular flexibility index (Phi) is 6.34. The summed E-state index contributed by atoms with van der Waals surface area (Å²) in [4.78, 5) is 6.48. The number of hydrogen-bond donors (Lipinski definition) is 1. The Balaban J connectivity index is 1.93. The second-order valence-corrected chi connectivity index (χ2v) is 5.90. The average Bonchev–Trinajstić information content (AvgIpc) is 3.01. The third-order valence-electron chi connectivity index (χ3n) is 3.82. The summed E-state index contributed by atoms with van der Waals surface area (Å²) in [5, 5.41) is 4.04. The Bertz CT molecular complexity index is 516. The summed E-state index contributed by atoms with van der Waals surface area (Å²) in [6.07, 6.45) is 1.12. The van der Waals surface area contributed by atoms with Gasteiger partial charge in [0.15, 0.2) is 5.96 Å². The zero-order valence-electron chi connectivity index (χ0n) is 13.4. The Labute approximate surface area is 137 Å². The van der Waals surface area contributed by atoms with E-state index >= 15 is 0 Å². The van der Waals surface area contributed by atoms with Crippen molar-refractivity contribution in [1.29, 1.82) is 0 Å². The third-order valence-corrected chi connectivity index (χ3v) is 4.05. The summed E-state index contributed by atoms with van der Waals surface area (Å²) in [5.41, 5.74) is 1.05. The summed E-state index contributed by atoms with van der Waals surface area (Å²) in [7, 11) is 5.49. The minimum Gasteiger partial charge on any atom is -0.496 e. The molecular weight excluding hydrogens is 302 g/mol. The largest absolute Gasteiger partial charge is 0.496 e. The Morgan fingerprint density at radius 1 is 1.55 bits per heavy atom. The van der Waals surface area contributed by atoms with Gasteiger partial charge in [-0.1, -0.05) is 17.7 Å². The number of rotatable bonds is 5. The van der Waals surface area contributed by atoms with Gasteiger partial charge in [-0.05, 0) is 18.6 Å². The number of halogens is 1. The number of methoxy groups -OCH3 is 1. The van der Waals surface area contributed by atoms with Gasteiger partial charge in [0, 0.05) is 50.3 Å². The quantitative estimate of drug-likeness (QED) is 0.667. The van der Waals surface area contributed by atoms with Crippen LogP contribution in [0.15, 0.2) is 23.2 Å². The Morgan fingerprint density at radius 3 is 3.00 bits per heavy atom. The van der Waals surface area contributed by atoms with Crippen LogP contribution in [-0.2, 0) is 11.3 Å². The number of ether oxygens (including phenoxy) is 2. The van der Waals surface area contributed by atoms with Crippen LogP contribution >= 0.6 is 11.6 Å². The van der Waals surface area contributed by atoms with E-state index in [1.807, 2.05) is 25.2 Å². The molecule has 1 heterocycles. The summed E-state index contributed by atoms with van der Waals surface area (Å²) in [5.74, 6) is 2.22. The second kappa shape index (κ2) is 8.25. The van der Waals surface area contributed by atoms with Gasteiger partial charge in [0.05, 0.1) is 13.7 Å². The summed E-state index contributed by atoms with van der Waals surface area (Å²) < 4.78 is 10.8. The van der Waals surface area contributed by atoms with Gasteiger partial charge in [-0.15, -0.1) is 0 Å². The molecule has 0 bridgehead atoms. The SMILES string of the molecule is CN=C(NCc1ccc(Cl)cc1OC)N(C)CC1CCOC1. The zero-order valence-corrected chi connectivity index (χ0v) is 14.2. The van der Waals surface area contributed by atoms with E-state index in [2.05, 4.69) is 15.2 Å². The van der Waals surface area contributed by atoms with E-state index in [-0.39, 0.29) is 0 Å². The van der Waals surface area contributed by atoms with Crippen LogP contribution < -0.4 is 10.1 Å². The molecule has 1 saturated heterocycles. The highest BCUT2D eigenvalue weighted by atomic mass is 35.5. The van der Waals surface area contributed by atoms with E-state index in [1.165, 1.54) is 0 Å². The van der Waals surface area contributed by atoms with Crippen molar-refractivity contribution in [3.63, 3.8) is 0 Å². The molecule has 0 aliphatic carbocycles. The fraction of sp³-hybridized carbons (Fsp3) is 0.562. The molecule has 1 N–H and O–H groups in total. The minimum atomic E-state index is 0.577. The van der Waals surface area contributed by atoms with Crippen LogP contribution in [0.2, 0.25) is 5.02 Å². The first kappa shape index (κ1) is 16.9. The van der Waals surface area contributed by atoms with Gasteiger partial charge in [0.1, 0.15) is 5.75 Å². The van der Waals surface area contributed by atoms with Crippen molar-refractivity contribution in [3.05, 3.63) is 28.8 Å². The molecule has 0 radical (unpaired) electrons. The molecule has 1 aromatic carbocycles. The molecule has 0 saturated carbocycles. The average molecular weight is 326 g/mol. The molecule has 1 atom stereocenters. The number of guanidine groups is 1. The molecule has 1 unspecified atom stereocenters. The fourth-order valence-electron chi connectivity index (χ4n) is 2.62. The predicted octanol–water partition coefficient (Wildman–Crippen LogP) is 2.39. The van der Waals surface area contributed by atoms with Gasteiger partial charge < -0.3 is 19.7 Å². The first-order valence-corrected chi connectivity index (χ1v) is 7.83. The van der Waals surface area contributed by atoms with Crippen LogP contribution in [-0.4, -0.2) is 51.8 Å². The molecule has 6 heteroatoms. The smallest absolute Gasteiger partial charge is 0.193 e. The third kappa shape index (κ3) is 4.52. The van der Waals surface area contributed by atoms with Crippen molar-refractivity contribution in [1.82, 2.24) is 10.2 Å². The fourth-order valence-corrected chi connectivity index (χ4v) is 2.79. The maximum Gasteiger partial charge on any atom is 0.193 e. The highest BCUT2D eigenvalue weighted by Gasteiger charge is 2.19. The number of aliphatic imine (C=N–C) groups is 1. The van der Waals surface area contributed by atoms with Gasteiger partial charge in [-0.2, -0.15) is 0 Å². The first-order chi connectivity index (χ1) is 10.6. The lowest BCUT2D eigenvalue weighted by atomic mass is 10.1. The highest BCUT2D eigenvalue weighted by Crippen LogP contribution is 2.23. The molecule has 1 aliphatic rings. The molecule has 2 rings (SSSR count). The van der Waals surface area contributed by atoms with Gasteiger partial charge in [0.25, 0.3) is 0 Å². The van der Waals surface area contributed by atoms with Gasteiger partial charge in [-0.3, -0.25) is 4.99 Å². The minimum absolute atomic E-state index is 0.577. The molecule has 22 heavy (non-hydrogen) atoms. The Morgan fingerprint density at radius 2 is 2.36 bits per heavy atom. The van der Waals surface area contributed by atoms with Crippen molar-refractivity contribution in [2.24, 2.45) is 10.9 Å². The van der Waals surface area contributed by atoms with Gasteiger partial charge in [0.2, 0.25) is 0 Å². The van der Waals surface area contributed by atoms with Crippen molar-refractivity contribution in [2.75, 3.05) is 41.0 Å².